The van der Waals surface area contributed by atoms with Gasteiger partial charge in [0.25, 0.3) is 0 Å². The van der Waals surface area contributed by atoms with E-state index in [1.165, 1.54) is 0 Å². The molecule has 0 saturated carbocycles. The van der Waals surface area contributed by atoms with Gasteiger partial charge in [-0.1, -0.05) is 29.8 Å². The van der Waals surface area contributed by atoms with Gasteiger partial charge in [0, 0.05) is 17.6 Å². The molecule has 1 aromatic heterocycles. The van der Waals surface area contributed by atoms with Crippen molar-refractivity contribution in [1.82, 2.24) is 0 Å². The molecule has 2 aromatic carbocycles. The Bertz CT molecular complexity index is 962. The van der Waals surface area contributed by atoms with Gasteiger partial charge in [-0.15, -0.1) is 0 Å². The highest BCUT2D eigenvalue weighted by atomic mass is 16.4. The number of hydrogen-bond acceptors (Lipinski definition) is 4. The fourth-order valence-electron chi connectivity index (χ4n) is 2.54. The van der Waals surface area contributed by atoms with Crippen LogP contribution in [0.1, 0.15) is 12.5 Å². The van der Waals surface area contributed by atoms with Gasteiger partial charge in [0.2, 0.25) is 0 Å². The SMILES string of the molecule is CCNc1c(NC(=O)Nc2ccc(C)cc2)c(=O)oc2ccccc12. The quantitative estimate of drug-likeness (QED) is 0.624. The molecule has 0 spiro atoms. The summed E-state index contributed by atoms with van der Waals surface area (Å²) in [6, 6.07) is 14.1. The Morgan fingerprint density at radius 2 is 1.72 bits per heavy atom. The van der Waals surface area contributed by atoms with Gasteiger partial charge in [0.15, 0.2) is 5.69 Å². The molecule has 2 amide bonds. The van der Waals surface area contributed by atoms with Crippen molar-refractivity contribution in [2.75, 3.05) is 22.5 Å². The molecular weight excluding hydrogens is 318 g/mol. The molecule has 0 radical (unpaired) electrons. The normalized spacial score (nSPS) is 10.5. The fourth-order valence-corrected chi connectivity index (χ4v) is 2.54. The smallest absolute Gasteiger partial charge is 0.362 e. The third-order valence-electron chi connectivity index (χ3n) is 3.71. The first-order valence-corrected chi connectivity index (χ1v) is 8.03. The molecular formula is C19H19N3O3. The van der Waals surface area contributed by atoms with Crippen molar-refractivity contribution in [2.45, 2.75) is 13.8 Å². The number of hydrogen-bond donors (Lipinski definition) is 3. The number of urea groups is 1. The van der Waals surface area contributed by atoms with Crippen LogP contribution in [0.3, 0.4) is 0 Å². The molecule has 0 fully saturated rings. The molecule has 0 unspecified atom stereocenters. The van der Waals surface area contributed by atoms with Gasteiger partial charge in [-0.05, 0) is 38.1 Å². The molecule has 6 heteroatoms. The van der Waals surface area contributed by atoms with E-state index >= 15 is 0 Å². The van der Waals surface area contributed by atoms with E-state index in [1.54, 1.807) is 24.3 Å². The topological polar surface area (TPSA) is 83.4 Å². The largest absolute Gasteiger partial charge is 0.421 e. The van der Waals surface area contributed by atoms with Crippen LogP contribution in [0.25, 0.3) is 11.0 Å². The minimum atomic E-state index is -0.603. The van der Waals surface area contributed by atoms with Crippen molar-refractivity contribution in [1.29, 1.82) is 0 Å². The molecule has 0 atom stereocenters. The van der Waals surface area contributed by atoms with Gasteiger partial charge in [-0.2, -0.15) is 0 Å². The molecule has 3 aromatic rings. The number of carbonyl (C=O) groups excluding carboxylic acids is 1. The summed E-state index contributed by atoms with van der Waals surface area (Å²) >= 11 is 0. The zero-order valence-corrected chi connectivity index (χ0v) is 14.1. The summed E-state index contributed by atoms with van der Waals surface area (Å²) in [4.78, 5) is 24.6. The summed E-state index contributed by atoms with van der Waals surface area (Å²) < 4.78 is 5.31. The van der Waals surface area contributed by atoms with Crippen molar-refractivity contribution in [3.05, 3.63) is 64.5 Å². The number of para-hydroxylation sites is 1. The summed E-state index contributed by atoms with van der Waals surface area (Å²) in [6.45, 7) is 4.48. The highest BCUT2D eigenvalue weighted by Crippen LogP contribution is 2.28. The molecule has 1 heterocycles. The summed E-state index contributed by atoms with van der Waals surface area (Å²) in [7, 11) is 0. The number of anilines is 3. The summed E-state index contributed by atoms with van der Waals surface area (Å²) in [5, 5.41) is 9.17. The van der Waals surface area contributed by atoms with E-state index in [1.807, 2.05) is 38.1 Å². The number of carbonyl (C=O) groups is 1. The lowest BCUT2D eigenvalue weighted by Crippen LogP contribution is -2.24. The van der Waals surface area contributed by atoms with E-state index in [9.17, 15) is 9.59 Å². The van der Waals surface area contributed by atoms with Crippen molar-refractivity contribution >= 4 is 34.1 Å². The first-order valence-electron chi connectivity index (χ1n) is 8.03. The molecule has 0 bridgehead atoms. The predicted molar refractivity (Wildman–Crippen MR) is 100 cm³/mol. The van der Waals surface area contributed by atoms with Crippen molar-refractivity contribution in [3.8, 4) is 0 Å². The van der Waals surface area contributed by atoms with Crippen LogP contribution in [0.2, 0.25) is 0 Å². The standard InChI is InChI=1S/C19H19N3O3/c1-3-20-16-14-6-4-5-7-15(14)25-18(23)17(16)22-19(24)21-13-10-8-12(2)9-11-13/h4-11,20H,3H2,1-2H3,(H2,21,22,24). The van der Waals surface area contributed by atoms with Crippen LogP contribution in [0.5, 0.6) is 0 Å². The number of rotatable bonds is 4. The maximum atomic E-state index is 12.3. The van der Waals surface area contributed by atoms with E-state index in [2.05, 4.69) is 16.0 Å². The van der Waals surface area contributed by atoms with Crippen LogP contribution in [-0.2, 0) is 0 Å². The molecule has 0 aliphatic heterocycles. The number of nitrogens with one attached hydrogen (secondary N) is 3. The summed E-state index contributed by atoms with van der Waals surface area (Å²) in [5.74, 6) is 0. The monoisotopic (exact) mass is 337 g/mol. The Balaban J connectivity index is 1.93. The van der Waals surface area contributed by atoms with Crippen LogP contribution in [0.15, 0.2) is 57.7 Å². The van der Waals surface area contributed by atoms with Gasteiger partial charge in [0.05, 0.1) is 5.69 Å². The molecule has 128 valence electrons. The third kappa shape index (κ3) is 3.63. The minimum absolute atomic E-state index is 0.0881. The van der Waals surface area contributed by atoms with E-state index in [0.29, 0.717) is 23.5 Å². The molecule has 3 rings (SSSR count). The Labute approximate surface area is 144 Å². The molecule has 6 nitrogen and oxygen atoms in total. The number of benzene rings is 2. The van der Waals surface area contributed by atoms with Crippen molar-refractivity contribution in [3.63, 3.8) is 0 Å². The third-order valence-corrected chi connectivity index (χ3v) is 3.71. The maximum absolute atomic E-state index is 12.3. The second-order valence-electron chi connectivity index (χ2n) is 5.61. The van der Waals surface area contributed by atoms with E-state index in [0.717, 1.165) is 10.9 Å². The lowest BCUT2D eigenvalue weighted by Gasteiger charge is -2.14. The second kappa shape index (κ2) is 7.09. The summed E-state index contributed by atoms with van der Waals surface area (Å²) in [5.41, 5.74) is 2.23. The Morgan fingerprint density at radius 3 is 2.44 bits per heavy atom. The van der Waals surface area contributed by atoms with Crippen LogP contribution in [-0.4, -0.2) is 12.6 Å². The van der Waals surface area contributed by atoms with Crippen LogP contribution >= 0.6 is 0 Å². The predicted octanol–water partition coefficient (Wildman–Crippen LogP) is 4.18. The minimum Gasteiger partial charge on any atom is -0.421 e. The Hall–Kier alpha value is -3.28. The first-order chi connectivity index (χ1) is 12.1. The molecule has 0 aliphatic carbocycles. The summed E-state index contributed by atoms with van der Waals surface area (Å²) in [6.07, 6.45) is 0. The van der Waals surface area contributed by atoms with Gasteiger partial charge in [-0.25, -0.2) is 9.59 Å². The molecule has 25 heavy (non-hydrogen) atoms. The van der Waals surface area contributed by atoms with Gasteiger partial charge in [-0.3, -0.25) is 5.32 Å². The number of amides is 2. The van der Waals surface area contributed by atoms with Crippen molar-refractivity contribution < 1.29 is 9.21 Å². The Morgan fingerprint density at radius 1 is 1.00 bits per heavy atom. The highest BCUT2D eigenvalue weighted by Gasteiger charge is 2.16. The fraction of sp³-hybridized carbons (Fsp3) is 0.158. The second-order valence-corrected chi connectivity index (χ2v) is 5.61. The lowest BCUT2D eigenvalue weighted by molar-refractivity contribution is 0.262. The highest BCUT2D eigenvalue weighted by molar-refractivity contribution is 6.05. The van der Waals surface area contributed by atoms with E-state index in [4.69, 9.17) is 4.42 Å². The van der Waals surface area contributed by atoms with Gasteiger partial charge in [0.1, 0.15) is 5.58 Å². The first kappa shape index (κ1) is 16.6. The van der Waals surface area contributed by atoms with E-state index in [-0.39, 0.29) is 5.69 Å². The zero-order valence-electron chi connectivity index (χ0n) is 14.1. The lowest BCUT2D eigenvalue weighted by atomic mass is 10.2. The molecule has 0 saturated heterocycles. The molecule has 0 aliphatic rings. The number of aryl methyl sites for hydroxylation is 1. The van der Waals surface area contributed by atoms with Gasteiger partial charge < -0.3 is 15.1 Å². The van der Waals surface area contributed by atoms with Crippen molar-refractivity contribution in [2.24, 2.45) is 0 Å². The van der Waals surface area contributed by atoms with Crippen LogP contribution in [0.4, 0.5) is 21.9 Å². The molecule has 3 N–H and O–H groups in total. The maximum Gasteiger partial charge on any atom is 0.362 e. The van der Waals surface area contributed by atoms with Gasteiger partial charge >= 0.3 is 11.7 Å². The van der Waals surface area contributed by atoms with Crippen LogP contribution < -0.4 is 21.6 Å². The van der Waals surface area contributed by atoms with Crippen LogP contribution in [0, 0.1) is 6.92 Å². The average Bonchev–Trinajstić information content (AvgIpc) is 2.60. The van der Waals surface area contributed by atoms with E-state index < -0.39 is 11.7 Å². The Kier molecular flexibility index (Phi) is 4.70. The zero-order chi connectivity index (χ0) is 17.8. The number of fused-ring (bicyclic) bond motifs is 1. The average molecular weight is 337 g/mol.